The van der Waals surface area contributed by atoms with Crippen LogP contribution in [0.3, 0.4) is 0 Å². The Labute approximate surface area is 114 Å². The van der Waals surface area contributed by atoms with Crippen molar-refractivity contribution >= 4 is 15.9 Å². The van der Waals surface area contributed by atoms with Crippen LogP contribution in [0, 0.1) is 12.7 Å². The third-order valence-electron chi connectivity index (χ3n) is 2.77. The maximum atomic E-state index is 13.1. The number of halogens is 2. The fraction of sp³-hybridized carbons (Fsp3) is 0.214. The van der Waals surface area contributed by atoms with Crippen LogP contribution in [0.1, 0.15) is 16.7 Å². The van der Waals surface area contributed by atoms with E-state index in [0.717, 1.165) is 12.1 Å². The van der Waals surface area contributed by atoms with Gasteiger partial charge in [-0.2, -0.15) is 0 Å². The smallest absolute Gasteiger partial charge is 0.137 e. The van der Waals surface area contributed by atoms with E-state index >= 15 is 0 Å². The number of pyridine rings is 1. The summed E-state index contributed by atoms with van der Waals surface area (Å²) in [6, 6.07) is 7.05. The van der Waals surface area contributed by atoms with Crippen LogP contribution in [0.15, 0.2) is 41.1 Å². The van der Waals surface area contributed by atoms with E-state index in [0.29, 0.717) is 11.0 Å². The van der Waals surface area contributed by atoms with Crippen LogP contribution in [0.5, 0.6) is 0 Å². The normalized spacial score (nSPS) is 10.6. The molecular formula is C14H14BrFN2. The molecule has 1 aromatic carbocycles. The van der Waals surface area contributed by atoms with E-state index in [1.807, 2.05) is 19.2 Å². The van der Waals surface area contributed by atoms with E-state index in [2.05, 4.69) is 26.2 Å². The van der Waals surface area contributed by atoms with Crippen molar-refractivity contribution in [1.29, 1.82) is 0 Å². The van der Waals surface area contributed by atoms with E-state index < -0.39 is 0 Å². The molecule has 2 rings (SSSR count). The van der Waals surface area contributed by atoms with Crippen LogP contribution in [0.2, 0.25) is 0 Å². The summed E-state index contributed by atoms with van der Waals surface area (Å²) in [5.41, 5.74) is 3.45. The first-order chi connectivity index (χ1) is 8.66. The predicted octanol–water partition coefficient (Wildman–Crippen LogP) is 3.58. The molecule has 0 aliphatic heterocycles. The van der Waals surface area contributed by atoms with Crippen LogP contribution >= 0.6 is 15.9 Å². The third kappa shape index (κ3) is 3.37. The van der Waals surface area contributed by atoms with Gasteiger partial charge in [0.25, 0.3) is 0 Å². The molecule has 0 atom stereocenters. The summed E-state index contributed by atoms with van der Waals surface area (Å²) < 4.78 is 13.6. The molecule has 1 heterocycles. The molecule has 0 fully saturated rings. The molecule has 0 radical (unpaired) electrons. The number of aryl methyl sites for hydroxylation is 1. The fourth-order valence-electron chi connectivity index (χ4n) is 1.69. The van der Waals surface area contributed by atoms with Crippen molar-refractivity contribution < 1.29 is 4.39 Å². The monoisotopic (exact) mass is 308 g/mol. The number of aromatic nitrogens is 1. The molecule has 0 amide bonds. The lowest BCUT2D eigenvalue weighted by Crippen LogP contribution is -2.13. The molecular weight excluding hydrogens is 295 g/mol. The second kappa shape index (κ2) is 6.07. The number of hydrogen-bond donors (Lipinski definition) is 1. The number of hydrogen-bond acceptors (Lipinski definition) is 2. The van der Waals surface area contributed by atoms with Gasteiger partial charge in [0.1, 0.15) is 5.82 Å². The minimum Gasteiger partial charge on any atom is -0.309 e. The van der Waals surface area contributed by atoms with Gasteiger partial charge in [0.2, 0.25) is 0 Å². The highest BCUT2D eigenvalue weighted by Gasteiger charge is 2.01. The molecule has 0 aliphatic carbocycles. The molecule has 0 bridgehead atoms. The Morgan fingerprint density at radius 3 is 2.83 bits per heavy atom. The average Bonchev–Trinajstić information content (AvgIpc) is 2.36. The maximum Gasteiger partial charge on any atom is 0.137 e. The van der Waals surface area contributed by atoms with Gasteiger partial charge in [-0.15, -0.1) is 0 Å². The van der Waals surface area contributed by atoms with Gasteiger partial charge in [0, 0.05) is 25.5 Å². The number of nitrogens with zero attached hydrogens (tertiary/aromatic N) is 1. The molecule has 1 aromatic heterocycles. The van der Waals surface area contributed by atoms with E-state index in [9.17, 15) is 4.39 Å². The van der Waals surface area contributed by atoms with Crippen molar-refractivity contribution in [3.8, 4) is 0 Å². The fourth-order valence-corrected chi connectivity index (χ4v) is 2.12. The van der Waals surface area contributed by atoms with E-state index in [1.165, 1.54) is 17.2 Å². The van der Waals surface area contributed by atoms with Crippen molar-refractivity contribution in [1.82, 2.24) is 10.3 Å². The van der Waals surface area contributed by atoms with Gasteiger partial charge in [-0.05, 0) is 57.7 Å². The lowest BCUT2D eigenvalue weighted by atomic mass is 10.1. The Morgan fingerprint density at radius 2 is 2.11 bits per heavy atom. The minimum atomic E-state index is -0.233. The van der Waals surface area contributed by atoms with Crippen molar-refractivity contribution in [3.05, 3.63) is 63.6 Å². The van der Waals surface area contributed by atoms with Gasteiger partial charge in [-0.1, -0.05) is 6.07 Å². The van der Waals surface area contributed by atoms with Crippen LogP contribution in [0.4, 0.5) is 4.39 Å². The van der Waals surface area contributed by atoms with Gasteiger partial charge in [-0.3, -0.25) is 4.98 Å². The summed E-state index contributed by atoms with van der Waals surface area (Å²) in [7, 11) is 0. The minimum absolute atomic E-state index is 0.233. The van der Waals surface area contributed by atoms with E-state index in [-0.39, 0.29) is 5.82 Å². The summed E-state index contributed by atoms with van der Waals surface area (Å²) in [6.07, 6.45) is 3.64. The Balaban J connectivity index is 1.92. The van der Waals surface area contributed by atoms with Gasteiger partial charge in [0.15, 0.2) is 0 Å². The molecule has 94 valence electrons. The van der Waals surface area contributed by atoms with Gasteiger partial charge >= 0.3 is 0 Å². The lowest BCUT2D eigenvalue weighted by Gasteiger charge is -2.08. The molecule has 0 aliphatic rings. The van der Waals surface area contributed by atoms with Gasteiger partial charge in [0.05, 0.1) is 4.47 Å². The van der Waals surface area contributed by atoms with Crippen molar-refractivity contribution in [2.45, 2.75) is 20.0 Å². The highest BCUT2D eigenvalue weighted by Crippen LogP contribution is 2.16. The van der Waals surface area contributed by atoms with Crippen molar-refractivity contribution in [2.24, 2.45) is 0 Å². The summed E-state index contributed by atoms with van der Waals surface area (Å²) in [5, 5.41) is 3.33. The number of rotatable bonds is 4. The Kier molecular flexibility index (Phi) is 4.44. The molecule has 0 spiro atoms. The van der Waals surface area contributed by atoms with Crippen LogP contribution in [0.25, 0.3) is 0 Å². The molecule has 0 unspecified atom stereocenters. The summed E-state index contributed by atoms with van der Waals surface area (Å²) in [4.78, 5) is 4.06. The first kappa shape index (κ1) is 13.2. The molecule has 4 heteroatoms. The maximum absolute atomic E-state index is 13.1. The highest BCUT2D eigenvalue weighted by atomic mass is 79.9. The highest BCUT2D eigenvalue weighted by molar-refractivity contribution is 9.10. The summed E-state index contributed by atoms with van der Waals surface area (Å²) >= 11 is 3.18. The second-order valence-corrected chi connectivity index (χ2v) is 5.01. The van der Waals surface area contributed by atoms with E-state index in [4.69, 9.17) is 0 Å². The molecule has 1 N–H and O–H groups in total. The lowest BCUT2D eigenvalue weighted by molar-refractivity contribution is 0.618. The van der Waals surface area contributed by atoms with Crippen LogP contribution in [-0.4, -0.2) is 4.98 Å². The first-order valence-electron chi connectivity index (χ1n) is 5.71. The predicted molar refractivity (Wildman–Crippen MR) is 73.6 cm³/mol. The molecule has 2 aromatic rings. The molecule has 18 heavy (non-hydrogen) atoms. The quantitative estimate of drug-likeness (QED) is 0.934. The SMILES string of the molecule is Cc1cnccc1CNCc1ccc(F)c(Br)c1. The Morgan fingerprint density at radius 1 is 1.28 bits per heavy atom. The van der Waals surface area contributed by atoms with Crippen LogP contribution < -0.4 is 5.32 Å². The molecule has 0 saturated heterocycles. The standard InChI is InChI=1S/C14H14BrFN2/c1-10-7-17-5-4-12(10)9-18-8-11-2-3-14(16)13(15)6-11/h2-7,18H,8-9H2,1H3. The molecule has 0 saturated carbocycles. The van der Waals surface area contributed by atoms with E-state index in [1.54, 1.807) is 18.3 Å². The van der Waals surface area contributed by atoms with Gasteiger partial charge < -0.3 is 5.32 Å². The Bertz CT molecular complexity index is 543. The third-order valence-corrected chi connectivity index (χ3v) is 3.37. The zero-order valence-electron chi connectivity index (χ0n) is 10.1. The average molecular weight is 309 g/mol. The Hall–Kier alpha value is -1.26. The number of benzene rings is 1. The van der Waals surface area contributed by atoms with Crippen molar-refractivity contribution in [3.63, 3.8) is 0 Å². The zero-order valence-corrected chi connectivity index (χ0v) is 11.7. The van der Waals surface area contributed by atoms with Crippen LogP contribution in [-0.2, 0) is 13.1 Å². The first-order valence-corrected chi connectivity index (χ1v) is 6.50. The van der Waals surface area contributed by atoms with Gasteiger partial charge in [-0.25, -0.2) is 4.39 Å². The van der Waals surface area contributed by atoms with Crippen molar-refractivity contribution in [2.75, 3.05) is 0 Å². The summed E-state index contributed by atoms with van der Waals surface area (Å²) in [6.45, 7) is 3.53. The largest absolute Gasteiger partial charge is 0.309 e. The number of nitrogens with one attached hydrogen (secondary N) is 1. The summed E-state index contributed by atoms with van der Waals surface area (Å²) in [5.74, 6) is -0.233. The zero-order chi connectivity index (χ0) is 13.0. The topological polar surface area (TPSA) is 24.9 Å². The molecule has 2 nitrogen and oxygen atoms in total. The second-order valence-electron chi connectivity index (χ2n) is 4.15.